The van der Waals surface area contributed by atoms with Gasteiger partial charge in [0.05, 0.1) is 5.39 Å². The van der Waals surface area contributed by atoms with E-state index >= 15 is 0 Å². The number of nitrogens with zero attached hydrogens (tertiary/aromatic N) is 3. The SMILES string of the molecule is Cc1cc(CCC(=O)N2CCCCC2)c2c(=O)cc(Nc3ccccc3)n(-c3ccccc3)c2n1. The van der Waals surface area contributed by atoms with Crippen LogP contribution in [0.4, 0.5) is 11.5 Å². The number of anilines is 2. The number of aryl methyl sites for hydroxylation is 2. The second kappa shape index (κ2) is 10.1. The van der Waals surface area contributed by atoms with Gasteiger partial charge in [-0.05, 0) is 68.5 Å². The molecule has 1 aliphatic heterocycles. The Morgan fingerprint density at radius 3 is 2.34 bits per heavy atom. The van der Waals surface area contributed by atoms with Gasteiger partial charge < -0.3 is 10.2 Å². The van der Waals surface area contributed by atoms with E-state index in [1.54, 1.807) is 6.07 Å². The standard InChI is InChI=1S/C29H30N4O2/c1-21-19-22(15-16-27(35)32-17-9-4-10-18-32)28-25(34)20-26(31-23-11-5-2-6-12-23)33(29(28)30-21)24-13-7-3-8-14-24/h2-3,5-8,11-14,19-20,31H,4,9-10,15-18H2,1H3. The third-order valence-electron chi connectivity index (χ3n) is 6.55. The molecule has 35 heavy (non-hydrogen) atoms. The summed E-state index contributed by atoms with van der Waals surface area (Å²) in [6.45, 7) is 3.61. The number of rotatable bonds is 6. The van der Waals surface area contributed by atoms with Crippen molar-refractivity contribution in [2.24, 2.45) is 0 Å². The molecule has 4 aromatic rings. The van der Waals surface area contributed by atoms with E-state index in [0.29, 0.717) is 29.7 Å². The highest BCUT2D eigenvalue weighted by molar-refractivity contribution is 5.85. The first-order valence-corrected chi connectivity index (χ1v) is 12.3. The molecule has 0 atom stereocenters. The number of benzene rings is 2. The Balaban J connectivity index is 1.60. The summed E-state index contributed by atoms with van der Waals surface area (Å²) >= 11 is 0. The summed E-state index contributed by atoms with van der Waals surface area (Å²) in [6, 6.07) is 23.3. The van der Waals surface area contributed by atoms with Gasteiger partial charge in [0.2, 0.25) is 5.91 Å². The van der Waals surface area contributed by atoms with Crippen LogP contribution in [0.1, 0.15) is 36.9 Å². The number of carbonyl (C=O) groups excluding carboxylic acids is 1. The van der Waals surface area contributed by atoms with Gasteiger partial charge in [0.1, 0.15) is 5.82 Å². The zero-order valence-corrected chi connectivity index (χ0v) is 20.0. The van der Waals surface area contributed by atoms with Crippen molar-refractivity contribution in [3.05, 3.63) is 94.3 Å². The predicted octanol–water partition coefficient (Wildman–Crippen LogP) is 5.38. The maximum atomic E-state index is 13.5. The van der Waals surface area contributed by atoms with Gasteiger partial charge in [-0.25, -0.2) is 4.98 Å². The third-order valence-corrected chi connectivity index (χ3v) is 6.55. The summed E-state index contributed by atoms with van der Waals surface area (Å²) in [4.78, 5) is 33.1. The molecule has 6 nitrogen and oxygen atoms in total. The number of para-hydroxylation sites is 2. The van der Waals surface area contributed by atoms with Gasteiger partial charge in [0.15, 0.2) is 11.1 Å². The lowest BCUT2D eigenvalue weighted by atomic mass is 10.0. The van der Waals surface area contributed by atoms with Crippen molar-refractivity contribution in [1.82, 2.24) is 14.5 Å². The maximum absolute atomic E-state index is 13.5. The molecule has 178 valence electrons. The highest BCUT2D eigenvalue weighted by Crippen LogP contribution is 2.27. The molecule has 3 heterocycles. The van der Waals surface area contributed by atoms with E-state index in [2.05, 4.69) is 5.32 Å². The average Bonchev–Trinajstić information content (AvgIpc) is 2.88. The second-order valence-electron chi connectivity index (χ2n) is 9.12. The summed E-state index contributed by atoms with van der Waals surface area (Å²) in [6.07, 6.45) is 4.25. The van der Waals surface area contributed by atoms with Gasteiger partial charge in [-0.1, -0.05) is 36.4 Å². The fourth-order valence-corrected chi connectivity index (χ4v) is 4.87. The molecular formula is C29H30N4O2. The lowest BCUT2D eigenvalue weighted by Gasteiger charge is -2.26. The highest BCUT2D eigenvalue weighted by Gasteiger charge is 2.19. The Morgan fingerprint density at radius 2 is 1.63 bits per heavy atom. The zero-order valence-electron chi connectivity index (χ0n) is 20.0. The van der Waals surface area contributed by atoms with Crippen molar-refractivity contribution in [3.63, 3.8) is 0 Å². The van der Waals surface area contributed by atoms with Crippen molar-refractivity contribution >= 4 is 28.4 Å². The first kappa shape index (κ1) is 22.8. The number of nitrogens with one attached hydrogen (secondary N) is 1. The van der Waals surface area contributed by atoms with Crippen LogP contribution in [0.2, 0.25) is 0 Å². The number of likely N-dealkylation sites (tertiary alicyclic amines) is 1. The summed E-state index contributed by atoms with van der Waals surface area (Å²) in [5.74, 6) is 0.811. The maximum Gasteiger partial charge on any atom is 0.222 e. The Morgan fingerprint density at radius 1 is 0.943 bits per heavy atom. The number of hydrogen-bond donors (Lipinski definition) is 1. The van der Waals surface area contributed by atoms with Crippen LogP contribution in [-0.2, 0) is 11.2 Å². The summed E-state index contributed by atoms with van der Waals surface area (Å²) in [5, 5.41) is 3.97. The lowest BCUT2D eigenvalue weighted by molar-refractivity contribution is -0.132. The molecule has 2 aromatic carbocycles. The molecule has 0 unspecified atom stereocenters. The molecule has 5 rings (SSSR count). The van der Waals surface area contributed by atoms with Crippen LogP contribution in [0.5, 0.6) is 0 Å². The predicted molar refractivity (Wildman–Crippen MR) is 141 cm³/mol. The topological polar surface area (TPSA) is 67.2 Å². The normalized spacial score (nSPS) is 13.7. The molecule has 1 amide bonds. The minimum atomic E-state index is -0.0986. The number of fused-ring (bicyclic) bond motifs is 1. The zero-order chi connectivity index (χ0) is 24.2. The van der Waals surface area contributed by atoms with Gasteiger partial charge in [-0.15, -0.1) is 0 Å². The van der Waals surface area contributed by atoms with Crippen LogP contribution in [0.3, 0.4) is 0 Å². The van der Waals surface area contributed by atoms with E-state index in [1.165, 1.54) is 6.42 Å². The van der Waals surface area contributed by atoms with Crippen LogP contribution in [0.15, 0.2) is 77.6 Å². The monoisotopic (exact) mass is 466 g/mol. The van der Waals surface area contributed by atoms with Crippen LogP contribution in [-0.4, -0.2) is 33.4 Å². The van der Waals surface area contributed by atoms with Crippen molar-refractivity contribution in [2.75, 3.05) is 18.4 Å². The third kappa shape index (κ3) is 4.97. The molecule has 0 radical (unpaired) electrons. The molecule has 0 aliphatic carbocycles. The van der Waals surface area contributed by atoms with Crippen molar-refractivity contribution in [3.8, 4) is 5.69 Å². The number of aromatic nitrogens is 2. The summed E-state index contributed by atoms with van der Waals surface area (Å²) < 4.78 is 1.99. The molecule has 1 fully saturated rings. The fraction of sp³-hybridized carbons (Fsp3) is 0.276. The van der Waals surface area contributed by atoms with Gasteiger partial charge >= 0.3 is 0 Å². The number of amides is 1. The minimum Gasteiger partial charge on any atom is -0.343 e. The molecule has 1 N–H and O–H groups in total. The van der Waals surface area contributed by atoms with E-state index in [9.17, 15) is 9.59 Å². The second-order valence-corrected chi connectivity index (χ2v) is 9.12. The average molecular weight is 467 g/mol. The van der Waals surface area contributed by atoms with E-state index < -0.39 is 0 Å². The minimum absolute atomic E-state index is 0.0986. The molecule has 6 heteroatoms. The summed E-state index contributed by atoms with van der Waals surface area (Å²) in [5.41, 5.74) is 3.99. The van der Waals surface area contributed by atoms with Crippen LogP contribution in [0.25, 0.3) is 16.7 Å². The van der Waals surface area contributed by atoms with Crippen molar-refractivity contribution in [1.29, 1.82) is 0 Å². The number of pyridine rings is 2. The molecular weight excluding hydrogens is 436 g/mol. The van der Waals surface area contributed by atoms with Crippen LogP contribution < -0.4 is 10.7 Å². The first-order chi connectivity index (χ1) is 17.1. The quantitative estimate of drug-likeness (QED) is 0.414. The molecule has 0 bridgehead atoms. The molecule has 1 saturated heterocycles. The van der Waals surface area contributed by atoms with E-state index in [4.69, 9.17) is 4.98 Å². The first-order valence-electron chi connectivity index (χ1n) is 12.3. The van der Waals surface area contributed by atoms with E-state index in [1.807, 2.05) is 83.1 Å². The highest BCUT2D eigenvalue weighted by atomic mass is 16.2. The van der Waals surface area contributed by atoms with Gasteiger partial charge in [0.25, 0.3) is 0 Å². The number of hydrogen-bond acceptors (Lipinski definition) is 4. The Labute approximate surface area is 205 Å². The van der Waals surface area contributed by atoms with Crippen molar-refractivity contribution in [2.45, 2.75) is 39.0 Å². The number of piperidine rings is 1. The summed E-state index contributed by atoms with van der Waals surface area (Å²) in [7, 11) is 0. The van der Waals surface area contributed by atoms with Crippen LogP contribution in [0, 0.1) is 6.92 Å². The van der Waals surface area contributed by atoms with Gasteiger partial charge in [-0.3, -0.25) is 14.2 Å². The van der Waals surface area contributed by atoms with Gasteiger partial charge in [-0.2, -0.15) is 0 Å². The van der Waals surface area contributed by atoms with Crippen LogP contribution >= 0.6 is 0 Å². The fourth-order valence-electron chi connectivity index (χ4n) is 4.87. The molecule has 1 aliphatic rings. The Hall–Kier alpha value is -3.93. The van der Waals surface area contributed by atoms with Gasteiger partial charge in [0, 0.05) is 42.6 Å². The molecule has 0 spiro atoms. The van der Waals surface area contributed by atoms with Crippen molar-refractivity contribution < 1.29 is 4.79 Å². The van der Waals surface area contributed by atoms with E-state index in [-0.39, 0.29) is 11.3 Å². The molecule has 2 aromatic heterocycles. The molecule has 0 saturated carbocycles. The largest absolute Gasteiger partial charge is 0.343 e. The number of carbonyl (C=O) groups is 1. The smallest absolute Gasteiger partial charge is 0.222 e. The Kier molecular flexibility index (Phi) is 6.62. The van der Waals surface area contributed by atoms with E-state index in [0.717, 1.165) is 48.6 Å². The Bertz CT molecular complexity index is 1390. The lowest BCUT2D eigenvalue weighted by Crippen LogP contribution is -2.35.